The van der Waals surface area contributed by atoms with Gasteiger partial charge in [0.15, 0.2) is 17.0 Å². The molecule has 1 fully saturated rings. The van der Waals surface area contributed by atoms with E-state index in [1.165, 1.54) is 22.0 Å². The fourth-order valence-electron chi connectivity index (χ4n) is 4.65. The van der Waals surface area contributed by atoms with Crippen molar-refractivity contribution in [1.82, 2.24) is 29.2 Å². The third-order valence-electron chi connectivity index (χ3n) is 6.15. The predicted molar refractivity (Wildman–Crippen MR) is 99.7 cm³/mol. The summed E-state index contributed by atoms with van der Waals surface area (Å²) in [5.74, 6) is 2.73. The van der Waals surface area contributed by atoms with Gasteiger partial charge in [-0.1, -0.05) is 29.4 Å². The van der Waals surface area contributed by atoms with Crippen LogP contribution in [0.25, 0.3) is 11.2 Å². The minimum atomic E-state index is -0.166. The van der Waals surface area contributed by atoms with Crippen molar-refractivity contribution in [3.63, 3.8) is 0 Å². The Bertz CT molecular complexity index is 1240. The van der Waals surface area contributed by atoms with E-state index in [2.05, 4.69) is 44.4 Å². The van der Waals surface area contributed by atoms with Crippen molar-refractivity contribution in [2.45, 2.75) is 25.3 Å². The molecule has 0 N–H and O–H groups in total. The molecule has 0 radical (unpaired) electrons. The zero-order chi connectivity index (χ0) is 18.8. The molecular formula is C20H18N6O2. The second kappa shape index (κ2) is 5.60. The van der Waals surface area contributed by atoms with Crippen molar-refractivity contribution in [2.24, 2.45) is 18.9 Å². The molecule has 0 amide bonds. The summed E-state index contributed by atoms with van der Waals surface area (Å²) in [6.07, 6.45) is 5.22. The lowest BCUT2D eigenvalue weighted by Gasteiger charge is -2.13. The zero-order valence-corrected chi connectivity index (χ0v) is 15.3. The van der Waals surface area contributed by atoms with Crippen LogP contribution in [0.5, 0.6) is 0 Å². The van der Waals surface area contributed by atoms with Crippen LogP contribution in [0, 0.1) is 11.8 Å². The molecule has 3 atom stereocenters. The first-order chi connectivity index (χ1) is 13.7. The van der Waals surface area contributed by atoms with E-state index in [0.29, 0.717) is 34.8 Å². The largest absolute Gasteiger partial charge is 0.337 e. The molecule has 28 heavy (non-hydrogen) atoms. The lowest BCUT2D eigenvalue weighted by atomic mass is 9.92. The van der Waals surface area contributed by atoms with Crippen LogP contribution in [0.2, 0.25) is 0 Å². The second-order valence-corrected chi connectivity index (χ2v) is 7.78. The lowest BCUT2D eigenvalue weighted by molar-refractivity contribution is 0.364. The van der Waals surface area contributed by atoms with Crippen LogP contribution in [0.4, 0.5) is 0 Å². The molecule has 3 heterocycles. The van der Waals surface area contributed by atoms with Crippen LogP contribution in [-0.4, -0.2) is 29.2 Å². The van der Waals surface area contributed by atoms with Gasteiger partial charge in [-0.15, -0.1) is 0 Å². The summed E-state index contributed by atoms with van der Waals surface area (Å²) < 4.78 is 8.62. The standard InChI is InChI=1S/C20H18N6O2/c1-25-9-21-19-17(25)20(27)26(10-22-19)8-15-23-18(24-28-15)16-13-6-11-4-2-3-5-12(11)7-14(13)16/h2-5,9-10,13-14,16H,6-8H2,1H3/t13-,14+,16+. The van der Waals surface area contributed by atoms with Gasteiger partial charge in [0.25, 0.3) is 5.56 Å². The predicted octanol–water partition coefficient (Wildman–Crippen LogP) is 1.69. The van der Waals surface area contributed by atoms with Crippen molar-refractivity contribution < 1.29 is 4.52 Å². The van der Waals surface area contributed by atoms with Crippen molar-refractivity contribution in [1.29, 1.82) is 0 Å². The summed E-state index contributed by atoms with van der Waals surface area (Å²) in [6, 6.07) is 8.65. The third-order valence-corrected chi connectivity index (χ3v) is 6.15. The molecule has 0 saturated heterocycles. The Balaban J connectivity index is 1.25. The molecule has 2 aliphatic carbocycles. The molecule has 8 heteroatoms. The molecule has 0 aliphatic heterocycles. The van der Waals surface area contributed by atoms with Gasteiger partial charge in [-0.05, 0) is 35.8 Å². The number of fused-ring (bicyclic) bond motifs is 3. The Morgan fingerprint density at radius 3 is 2.57 bits per heavy atom. The Kier molecular flexibility index (Phi) is 3.15. The van der Waals surface area contributed by atoms with Gasteiger partial charge in [0.05, 0.1) is 6.33 Å². The smallest absolute Gasteiger partial charge is 0.280 e. The van der Waals surface area contributed by atoms with E-state index < -0.39 is 0 Å². The average Bonchev–Trinajstić information content (AvgIpc) is 3.00. The van der Waals surface area contributed by atoms with Crippen LogP contribution in [-0.2, 0) is 26.4 Å². The maximum atomic E-state index is 12.7. The van der Waals surface area contributed by atoms with Crippen molar-refractivity contribution in [2.75, 3.05) is 0 Å². The van der Waals surface area contributed by atoms with Gasteiger partial charge in [-0.3, -0.25) is 9.36 Å². The maximum Gasteiger partial charge on any atom is 0.280 e. The lowest BCUT2D eigenvalue weighted by Crippen LogP contribution is -2.22. The number of imidazole rings is 1. The minimum Gasteiger partial charge on any atom is -0.337 e. The number of nitrogens with zero attached hydrogens (tertiary/aromatic N) is 6. The highest BCUT2D eigenvalue weighted by Gasteiger charge is 2.55. The van der Waals surface area contributed by atoms with Crippen molar-refractivity contribution >= 4 is 11.2 Å². The van der Waals surface area contributed by atoms with Gasteiger partial charge >= 0.3 is 0 Å². The van der Waals surface area contributed by atoms with E-state index in [1.807, 2.05) is 0 Å². The molecule has 1 aromatic carbocycles. The van der Waals surface area contributed by atoms with Crippen LogP contribution in [0.3, 0.4) is 0 Å². The summed E-state index contributed by atoms with van der Waals surface area (Å²) in [7, 11) is 1.78. The SMILES string of the molecule is Cn1cnc2ncn(Cc3nc([C@H]4[C@@H]5Cc6ccccc6C[C@@H]54)no3)c(=O)c21. The molecule has 0 bridgehead atoms. The van der Waals surface area contributed by atoms with Gasteiger partial charge in [0.2, 0.25) is 5.89 Å². The maximum absolute atomic E-state index is 12.7. The van der Waals surface area contributed by atoms with E-state index in [4.69, 9.17) is 4.52 Å². The Morgan fingerprint density at radius 2 is 1.82 bits per heavy atom. The van der Waals surface area contributed by atoms with E-state index in [-0.39, 0.29) is 12.1 Å². The van der Waals surface area contributed by atoms with E-state index in [0.717, 1.165) is 18.7 Å². The third kappa shape index (κ3) is 2.27. The van der Waals surface area contributed by atoms with Gasteiger partial charge in [-0.25, -0.2) is 9.97 Å². The number of rotatable bonds is 3. The van der Waals surface area contributed by atoms with Gasteiger partial charge in [0, 0.05) is 13.0 Å². The molecule has 8 nitrogen and oxygen atoms in total. The Hall–Kier alpha value is -3.29. The molecule has 4 aromatic rings. The van der Waals surface area contributed by atoms with Crippen molar-refractivity contribution in [3.8, 4) is 0 Å². The fourth-order valence-corrected chi connectivity index (χ4v) is 4.65. The molecule has 140 valence electrons. The molecule has 0 spiro atoms. The molecule has 0 unspecified atom stereocenters. The first-order valence-corrected chi connectivity index (χ1v) is 9.45. The highest BCUT2D eigenvalue weighted by molar-refractivity contribution is 5.68. The topological polar surface area (TPSA) is 91.6 Å². The number of benzene rings is 1. The number of hydrogen-bond acceptors (Lipinski definition) is 6. The number of hydrogen-bond donors (Lipinski definition) is 0. The average molecular weight is 374 g/mol. The first-order valence-electron chi connectivity index (χ1n) is 9.45. The Labute approximate surface area is 159 Å². The Morgan fingerprint density at radius 1 is 1.11 bits per heavy atom. The molecule has 1 saturated carbocycles. The fraction of sp³-hybridized carbons (Fsp3) is 0.350. The normalized spacial score (nSPS) is 22.8. The van der Waals surface area contributed by atoms with Crippen LogP contribution >= 0.6 is 0 Å². The van der Waals surface area contributed by atoms with Crippen LogP contribution in [0.1, 0.15) is 28.8 Å². The van der Waals surface area contributed by atoms with Crippen LogP contribution < -0.4 is 5.56 Å². The minimum absolute atomic E-state index is 0.166. The summed E-state index contributed by atoms with van der Waals surface area (Å²) >= 11 is 0. The highest BCUT2D eigenvalue weighted by Crippen LogP contribution is 2.58. The van der Waals surface area contributed by atoms with E-state index in [1.54, 1.807) is 17.9 Å². The van der Waals surface area contributed by atoms with E-state index in [9.17, 15) is 4.79 Å². The molecule has 3 aromatic heterocycles. The molecular weight excluding hydrogens is 356 g/mol. The van der Waals surface area contributed by atoms with Gasteiger partial charge < -0.3 is 9.09 Å². The summed E-state index contributed by atoms with van der Waals surface area (Å²) in [5, 5.41) is 4.22. The first kappa shape index (κ1) is 15.7. The van der Waals surface area contributed by atoms with Gasteiger partial charge in [0.1, 0.15) is 12.9 Å². The monoisotopic (exact) mass is 374 g/mol. The zero-order valence-electron chi connectivity index (χ0n) is 15.3. The van der Waals surface area contributed by atoms with E-state index >= 15 is 0 Å². The molecule has 6 rings (SSSR count). The van der Waals surface area contributed by atoms with Crippen molar-refractivity contribution in [3.05, 3.63) is 70.1 Å². The summed E-state index contributed by atoms with van der Waals surface area (Å²) in [4.78, 5) is 25.6. The summed E-state index contributed by atoms with van der Waals surface area (Å²) in [5.41, 5.74) is 3.62. The number of aryl methyl sites for hydroxylation is 1. The van der Waals surface area contributed by atoms with Crippen LogP contribution in [0.15, 0.2) is 46.2 Å². The van der Waals surface area contributed by atoms with Gasteiger partial charge in [-0.2, -0.15) is 4.98 Å². The number of aromatic nitrogens is 6. The molecule has 2 aliphatic rings. The summed E-state index contributed by atoms with van der Waals surface area (Å²) in [6.45, 7) is 0.211. The highest BCUT2D eigenvalue weighted by atomic mass is 16.5. The quantitative estimate of drug-likeness (QED) is 0.542. The second-order valence-electron chi connectivity index (χ2n) is 7.78.